The van der Waals surface area contributed by atoms with E-state index < -0.39 is 0 Å². The summed E-state index contributed by atoms with van der Waals surface area (Å²) in [5, 5.41) is 6.79. The fourth-order valence-corrected chi connectivity index (χ4v) is 3.25. The summed E-state index contributed by atoms with van der Waals surface area (Å²) in [4.78, 5) is 36.2. The van der Waals surface area contributed by atoms with Crippen LogP contribution in [0.3, 0.4) is 0 Å². The number of nitrogens with one attached hydrogen (secondary N) is 1. The number of fused-ring (bicyclic) bond motifs is 1. The lowest BCUT2D eigenvalue weighted by Crippen LogP contribution is -2.37. The maximum absolute atomic E-state index is 12.6. The summed E-state index contributed by atoms with van der Waals surface area (Å²) in [6.07, 6.45) is 3.12. The second-order valence-electron chi connectivity index (χ2n) is 6.35. The summed E-state index contributed by atoms with van der Waals surface area (Å²) in [7, 11) is 0. The maximum Gasteiger partial charge on any atom is 0.269 e. The number of benzene rings is 1. The highest BCUT2D eigenvalue weighted by Crippen LogP contribution is 2.28. The van der Waals surface area contributed by atoms with E-state index in [1.165, 1.54) is 0 Å². The zero-order valence-corrected chi connectivity index (χ0v) is 14.0. The average molecular weight is 350 g/mol. The molecule has 1 aromatic carbocycles. The summed E-state index contributed by atoms with van der Waals surface area (Å²) in [6.45, 7) is 1.23. The number of likely N-dealkylation sites (tertiary alicyclic amines) is 1. The molecule has 1 fully saturated rings. The van der Waals surface area contributed by atoms with Crippen LogP contribution in [0.15, 0.2) is 60.0 Å². The van der Waals surface area contributed by atoms with E-state index in [0.29, 0.717) is 30.9 Å². The third-order valence-corrected chi connectivity index (χ3v) is 4.62. The monoisotopic (exact) mass is 350 g/mol. The molecule has 4 rings (SSSR count). The Labute approximate surface area is 150 Å². The van der Waals surface area contributed by atoms with Gasteiger partial charge in [-0.25, -0.2) is 0 Å². The summed E-state index contributed by atoms with van der Waals surface area (Å²) in [5.74, 6) is -0.523. The number of amides is 2. The Balaban J connectivity index is 1.38. The van der Waals surface area contributed by atoms with E-state index in [9.17, 15) is 9.59 Å². The summed E-state index contributed by atoms with van der Waals surface area (Å²) < 4.78 is 0. The van der Waals surface area contributed by atoms with Gasteiger partial charge in [0.25, 0.3) is 11.8 Å². The second kappa shape index (κ2) is 6.95. The third-order valence-electron chi connectivity index (χ3n) is 4.62. The first-order valence-corrected chi connectivity index (χ1v) is 8.47. The van der Waals surface area contributed by atoms with Crippen LogP contribution in [0.5, 0.6) is 0 Å². The van der Waals surface area contributed by atoms with Gasteiger partial charge in [0.2, 0.25) is 0 Å². The van der Waals surface area contributed by atoms with Gasteiger partial charge in [-0.1, -0.05) is 29.4 Å². The molecule has 0 aliphatic carbocycles. The van der Waals surface area contributed by atoms with Gasteiger partial charge in [0, 0.05) is 31.0 Å². The van der Waals surface area contributed by atoms with Crippen LogP contribution in [0.25, 0.3) is 0 Å². The van der Waals surface area contributed by atoms with Gasteiger partial charge in [-0.2, -0.15) is 0 Å². The Bertz CT molecular complexity index is 838. The molecule has 0 bridgehead atoms. The first-order valence-electron chi connectivity index (χ1n) is 8.47. The van der Waals surface area contributed by atoms with Gasteiger partial charge >= 0.3 is 0 Å². The molecule has 7 nitrogen and oxygen atoms in total. The standard InChI is InChI=1S/C19H18N4O3/c24-18(21-10-13-5-4-8-20-9-13)17-15-11-23(12-16(15)26-22-17)19(25)14-6-2-1-3-7-14/h1-9,15-16H,10-12H2,(H,21,24)/t15-,16+/m0/s1. The van der Waals surface area contributed by atoms with Gasteiger partial charge in [0.15, 0.2) is 11.8 Å². The molecule has 2 aliphatic heterocycles. The molecule has 7 heteroatoms. The number of nitrogens with zero attached hydrogens (tertiary/aromatic N) is 3. The molecule has 0 saturated carbocycles. The van der Waals surface area contributed by atoms with Crippen LogP contribution < -0.4 is 5.32 Å². The van der Waals surface area contributed by atoms with Crippen LogP contribution in [-0.4, -0.2) is 46.6 Å². The summed E-state index contributed by atoms with van der Waals surface area (Å²) >= 11 is 0. The SMILES string of the molecule is O=C(NCc1cccnc1)C1=NO[C@@H]2CN(C(=O)c3ccccc3)C[C@H]12. The molecular formula is C19H18N4O3. The molecule has 2 atom stereocenters. The van der Waals surface area contributed by atoms with Crippen molar-refractivity contribution >= 4 is 17.5 Å². The van der Waals surface area contributed by atoms with Crippen molar-refractivity contribution in [2.24, 2.45) is 11.1 Å². The molecule has 0 radical (unpaired) electrons. The fourth-order valence-electron chi connectivity index (χ4n) is 3.25. The van der Waals surface area contributed by atoms with Gasteiger partial charge in [0.1, 0.15) is 0 Å². The number of oxime groups is 1. The minimum atomic E-state index is -0.268. The lowest BCUT2D eigenvalue weighted by atomic mass is 10.0. The predicted molar refractivity (Wildman–Crippen MR) is 94.2 cm³/mol. The normalized spacial score (nSPS) is 20.9. The Morgan fingerprint density at radius 3 is 2.77 bits per heavy atom. The minimum Gasteiger partial charge on any atom is -0.389 e. The van der Waals surface area contributed by atoms with Crippen molar-refractivity contribution in [1.29, 1.82) is 0 Å². The van der Waals surface area contributed by atoms with Crippen LogP contribution >= 0.6 is 0 Å². The molecule has 1 saturated heterocycles. The average Bonchev–Trinajstić information content (AvgIpc) is 3.28. The van der Waals surface area contributed by atoms with Crippen molar-refractivity contribution in [3.8, 4) is 0 Å². The quantitative estimate of drug-likeness (QED) is 0.899. The van der Waals surface area contributed by atoms with Crippen LogP contribution in [0.2, 0.25) is 0 Å². The number of hydrogen-bond acceptors (Lipinski definition) is 5. The van der Waals surface area contributed by atoms with Crippen LogP contribution in [0.1, 0.15) is 15.9 Å². The lowest BCUT2D eigenvalue weighted by molar-refractivity contribution is -0.115. The Morgan fingerprint density at radius 2 is 2.00 bits per heavy atom. The van der Waals surface area contributed by atoms with Crippen LogP contribution in [0, 0.1) is 5.92 Å². The predicted octanol–water partition coefficient (Wildman–Crippen LogP) is 1.22. The van der Waals surface area contributed by atoms with E-state index in [2.05, 4.69) is 15.5 Å². The Morgan fingerprint density at radius 1 is 1.15 bits per heavy atom. The van der Waals surface area contributed by atoms with Gasteiger partial charge < -0.3 is 15.1 Å². The van der Waals surface area contributed by atoms with Crippen molar-refractivity contribution in [1.82, 2.24) is 15.2 Å². The van der Waals surface area contributed by atoms with Gasteiger partial charge in [-0.15, -0.1) is 0 Å². The zero-order valence-electron chi connectivity index (χ0n) is 14.0. The number of carbonyl (C=O) groups excluding carboxylic acids is 2. The Kier molecular flexibility index (Phi) is 4.35. The topological polar surface area (TPSA) is 83.9 Å². The lowest BCUT2D eigenvalue weighted by Gasteiger charge is -2.16. The van der Waals surface area contributed by atoms with Crippen molar-refractivity contribution < 1.29 is 14.4 Å². The molecule has 1 N–H and O–H groups in total. The van der Waals surface area contributed by atoms with E-state index in [0.717, 1.165) is 5.56 Å². The number of hydrogen-bond donors (Lipinski definition) is 1. The van der Waals surface area contributed by atoms with E-state index >= 15 is 0 Å². The molecule has 0 unspecified atom stereocenters. The summed E-state index contributed by atoms with van der Waals surface area (Å²) in [5.41, 5.74) is 1.89. The van der Waals surface area contributed by atoms with Gasteiger partial charge in [0.05, 0.1) is 12.5 Å². The molecule has 3 heterocycles. The molecule has 2 aliphatic rings. The van der Waals surface area contributed by atoms with Crippen molar-refractivity contribution in [2.75, 3.05) is 13.1 Å². The van der Waals surface area contributed by atoms with Crippen molar-refractivity contribution in [3.05, 3.63) is 66.0 Å². The van der Waals surface area contributed by atoms with E-state index in [1.54, 1.807) is 29.4 Å². The zero-order chi connectivity index (χ0) is 17.9. The molecule has 132 valence electrons. The smallest absolute Gasteiger partial charge is 0.269 e. The van der Waals surface area contributed by atoms with Gasteiger partial charge in [-0.05, 0) is 23.8 Å². The number of carbonyl (C=O) groups is 2. The molecule has 2 aromatic rings. The number of pyridine rings is 1. The van der Waals surface area contributed by atoms with E-state index in [4.69, 9.17) is 4.84 Å². The second-order valence-corrected chi connectivity index (χ2v) is 6.35. The highest BCUT2D eigenvalue weighted by Gasteiger charge is 2.46. The maximum atomic E-state index is 12.6. The minimum absolute atomic E-state index is 0.0567. The number of rotatable bonds is 4. The van der Waals surface area contributed by atoms with Crippen molar-refractivity contribution in [3.63, 3.8) is 0 Å². The van der Waals surface area contributed by atoms with Crippen LogP contribution in [-0.2, 0) is 16.2 Å². The van der Waals surface area contributed by atoms with Crippen molar-refractivity contribution in [2.45, 2.75) is 12.6 Å². The highest BCUT2D eigenvalue weighted by atomic mass is 16.6. The number of aromatic nitrogens is 1. The summed E-state index contributed by atoms with van der Waals surface area (Å²) in [6, 6.07) is 12.8. The Hall–Kier alpha value is -3.22. The largest absolute Gasteiger partial charge is 0.389 e. The highest BCUT2D eigenvalue weighted by molar-refractivity contribution is 6.40. The van der Waals surface area contributed by atoms with Crippen LogP contribution in [0.4, 0.5) is 0 Å². The first-order chi connectivity index (χ1) is 12.7. The van der Waals surface area contributed by atoms with E-state index in [-0.39, 0.29) is 23.8 Å². The first kappa shape index (κ1) is 16.3. The van der Waals surface area contributed by atoms with Gasteiger partial charge in [-0.3, -0.25) is 14.6 Å². The molecule has 0 spiro atoms. The van der Waals surface area contributed by atoms with E-state index in [1.807, 2.05) is 30.3 Å². The molecule has 2 amide bonds. The molecular weight excluding hydrogens is 332 g/mol. The molecule has 1 aromatic heterocycles. The third kappa shape index (κ3) is 3.15. The fraction of sp³-hybridized carbons (Fsp3) is 0.263. The molecule has 26 heavy (non-hydrogen) atoms.